The number of hydrogen-bond acceptors (Lipinski definition) is 4. The Labute approximate surface area is 154 Å². The van der Waals surface area contributed by atoms with Crippen LogP contribution in [0.1, 0.15) is 6.42 Å². The maximum atomic E-state index is 12.7. The first-order valence-corrected chi connectivity index (χ1v) is 9.56. The van der Waals surface area contributed by atoms with Gasteiger partial charge in [0, 0.05) is 21.2 Å². The summed E-state index contributed by atoms with van der Waals surface area (Å²) in [4.78, 5) is 6.61. The normalized spacial score (nSPS) is 13.8. The number of para-hydroxylation sites is 1. The van der Waals surface area contributed by atoms with E-state index < -0.39 is 5.51 Å². The monoisotopic (exact) mass is 384 g/mol. The highest BCUT2D eigenvalue weighted by Crippen LogP contribution is 2.50. The van der Waals surface area contributed by atoms with Crippen LogP contribution < -0.4 is 4.90 Å². The second-order valence-electron chi connectivity index (χ2n) is 6.06. The maximum Gasteiger partial charge on any atom is 0.446 e. The molecular weight excluding hydrogens is 365 g/mol. The molecule has 3 rings (SSSR count). The van der Waals surface area contributed by atoms with Crippen molar-refractivity contribution in [2.45, 2.75) is 26.6 Å². The van der Waals surface area contributed by atoms with Gasteiger partial charge in [0.05, 0.1) is 11.4 Å². The molecule has 0 fully saturated rings. The number of thioether (sulfide) groups is 1. The number of nitrogens with zero attached hydrogens (tertiary/aromatic N) is 2. The predicted octanol–water partition coefficient (Wildman–Crippen LogP) is 5.85. The maximum absolute atomic E-state index is 12.7. The van der Waals surface area contributed by atoms with Crippen LogP contribution in [0.15, 0.2) is 57.2 Å². The lowest BCUT2D eigenvalue weighted by Crippen LogP contribution is -2.25. The summed E-state index contributed by atoms with van der Waals surface area (Å²) in [5.74, 6) is 0. The van der Waals surface area contributed by atoms with E-state index in [1.54, 1.807) is 30.0 Å². The van der Waals surface area contributed by atoms with Crippen molar-refractivity contribution in [2.75, 3.05) is 32.1 Å². The Morgan fingerprint density at radius 3 is 2.48 bits per heavy atom. The lowest BCUT2D eigenvalue weighted by atomic mass is 10.2. The van der Waals surface area contributed by atoms with Gasteiger partial charge in [0.2, 0.25) is 0 Å². The van der Waals surface area contributed by atoms with Gasteiger partial charge in [0.15, 0.2) is 0 Å². The van der Waals surface area contributed by atoms with Crippen LogP contribution >= 0.6 is 23.5 Å². The second kappa shape index (κ2) is 7.51. The highest BCUT2D eigenvalue weighted by molar-refractivity contribution is 8.00. The van der Waals surface area contributed by atoms with E-state index in [1.165, 1.54) is 0 Å². The molecule has 0 N–H and O–H groups in total. The number of halogens is 3. The zero-order chi connectivity index (χ0) is 18.0. The van der Waals surface area contributed by atoms with E-state index in [2.05, 4.69) is 15.9 Å². The van der Waals surface area contributed by atoms with Crippen molar-refractivity contribution in [1.29, 1.82) is 0 Å². The SMILES string of the molecule is CN(C)CCCN1c2ccccc2Sc2ccc(SC(F)(F)F)cc21. The van der Waals surface area contributed by atoms with E-state index in [0.29, 0.717) is 0 Å². The van der Waals surface area contributed by atoms with Crippen molar-refractivity contribution < 1.29 is 13.2 Å². The average molecular weight is 384 g/mol. The standard InChI is InChI=1S/C18H19F3N2S2/c1-22(2)10-5-11-23-14-6-3-4-7-16(14)24-17-9-8-13(12-15(17)23)25-18(19,20)21/h3-4,6-9,12H,5,10-11H2,1-2H3. The van der Waals surface area contributed by atoms with Crippen molar-refractivity contribution in [3.8, 4) is 0 Å². The fraction of sp³-hybridized carbons (Fsp3) is 0.333. The fourth-order valence-electron chi connectivity index (χ4n) is 2.79. The summed E-state index contributed by atoms with van der Waals surface area (Å²) >= 11 is 1.55. The smallest absolute Gasteiger partial charge is 0.340 e. The van der Waals surface area contributed by atoms with E-state index >= 15 is 0 Å². The lowest BCUT2D eigenvalue weighted by Gasteiger charge is -2.33. The third-order valence-electron chi connectivity index (χ3n) is 3.82. The molecule has 7 heteroatoms. The van der Waals surface area contributed by atoms with Gasteiger partial charge in [-0.25, -0.2) is 0 Å². The van der Waals surface area contributed by atoms with Gasteiger partial charge in [-0.15, -0.1) is 0 Å². The summed E-state index contributed by atoms with van der Waals surface area (Å²) < 4.78 is 38.2. The molecule has 0 aliphatic carbocycles. The summed E-state index contributed by atoms with van der Waals surface area (Å²) in [7, 11) is 4.04. The van der Waals surface area contributed by atoms with Crippen LogP contribution in [0.3, 0.4) is 0 Å². The molecule has 1 heterocycles. The zero-order valence-corrected chi connectivity index (χ0v) is 15.6. The molecule has 0 aromatic heterocycles. The number of anilines is 2. The molecular formula is C18H19F3N2S2. The molecule has 0 spiro atoms. The van der Waals surface area contributed by atoms with Crippen molar-refractivity contribution in [3.05, 3.63) is 42.5 Å². The van der Waals surface area contributed by atoms with Gasteiger partial charge < -0.3 is 9.80 Å². The Morgan fingerprint density at radius 1 is 1.04 bits per heavy atom. The molecule has 0 saturated heterocycles. The first kappa shape index (κ1) is 18.5. The first-order chi connectivity index (χ1) is 11.8. The quantitative estimate of drug-likeness (QED) is 0.596. The molecule has 0 amide bonds. The summed E-state index contributed by atoms with van der Waals surface area (Å²) in [6.45, 7) is 1.70. The van der Waals surface area contributed by atoms with E-state index in [9.17, 15) is 13.2 Å². The van der Waals surface area contributed by atoms with E-state index in [4.69, 9.17) is 0 Å². The van der Waals surface area contributed by atoms with Crippen molar-refractivity contribution in [2.24, 2.45) is 0 Å². The average Bonchev–Trinajstić information content (AvgIpc) is 2.53. The van der Waals surface area contributed by atoms with Crippen LogP contribution in [0.25, 0.3) is 0 Å². The van der Waals surface area contributed by atoms with Gasteiger partial charge >= 0.3 is 5.51 Å². The Morgan fingerprint density at radius 2 is 1.76 bits per heavy atom. The van der Waals surface area contributed by atoms with Gasteiger partial charge in [-0.05, 0) is 69.2 Å². The number of hydrogen-bond donors (Lipinski definition) is 0. The van der Waals surface area contributed by atoms with Crippen LogP contribution in [-0.4, -0.2) is 37.6 Å². The van der Waals surface area contributed by atoms with Crippen molar-refractivity contribution in [3.63, 3.8) is 0 Å². The van der Waals surface area contributed by atoms with Gasteiger partial charge in [0.1, 0.15) is 0 Å². The third kappa shape index (κ3) is 4.65. The Balaban J connectivity index is 1.93. The highest BCUT2D eigenvalue weighted by atomic mass is 32.2. The molecule has 134 valence electrons. The minimum absolute atomic E-state index is 0.0585. The molecule has 0 radical (unpaired) electrons. The predicted molar refractivity (Wildman–Crippen MR) is 99.1 cm³/mol. The van der Waals surface area contributed by atoms with Crippen molar-refractivity contribution in [1.82, 2.24) is 4.90 Å². The molecule has 2 aromatic carbocycles. The summed E-state index contributed by atoms with van der Waals surface area (Å²) in [5.41, 5.74) is -2.35. The molecule has 0 saturated carbocycles. The fourth-order valence-corrected chi connectivity index (χ4v) is 4.44. The zero-order valence-electron chi connectivity index (χ0n) is 14.0. The molecule has 0 atom stereocenters. The van der Waals surface area contributed by atoms with Crippen LogP contribution in [0.4, 0.5) is 24.5 Å². The summed E-state index contributed by atoms with van der Waals surface area (Å²) in [6, 6.07) is 13.1. The van der Waals surface area contributed by atoms with Gasteiger partial charge in [-0.1, -0.05) is 23.9 Å². The second-order valence-corrected chi connectivity index (χ2v) is 8.28. The molecule has 0 unspecified atom stereocenters. The topological polar surface area (TPSA) is 6.48 Å². The number of benzene rings is 2. The van der Waals surface area contributed by atoms with Gasteiger partial charge in [-0.3, -0.25) is 0 Å². The van der Waals surface area contributed by atoms with Crippen LogP contribution in [0.5, 0.6) is 0 Å². The van der Waals surface area contributed by atoms with Crippen molar-refractivity contribution >= 4 is 34.9 Å². The van der Waals surface area contributed by atoms with Gasteiger partial charge in [0.25, 0.3) is 0 Å². The number of fused-ring (bicyclic) bond motifs is 2. The summed E-state index contributed by atoms with van der Waals surface area (Å²) in [5, 5.41) is 0. The van der Waals surface area contributed by atoms with Crippen LogP contribution in [0, 0.1) is 0 Å². The largest absolute Gasteiger partial charge is 0.446 e. The third-order valence-corrected chi connectivity index (χ3v) is 5.67. The first-order valence-electron chi connectivity index (χ1n) is 7.92. The molecule has 1 aliphatic rings. The van der Waals surface area contributed by atoms with E-state index in [1.807, 2.05) is 32.3 Å². The minimum atomic E-state index is -4.27. The molecule has 1 aliphatic heterocycles. The number of alkyl halides is 3. The van der Waals surface area contributed by atoms with Crippen LogP contribution in [-0.2, 0) is 0 Å². The molecule has 25 heavy (non-hydrogen) atoms. The lowest BCUT2D eigenvalue weighted by molar-refractivity contribution is -0.0328. The Bertz CT molecular complexity index is 747. The van der Waals surface area contributed by atoms with E-state index in [-0.39, 0.29) is 16.7 Å². The highest BCUT2D eigenvalue weighted by Gasteiger charge is 2.30. The molecule has 2 nitrogen and oxygen atoms in total. The van der Waals surface area contributed by atoms with Crippen LogP contribution in [0.2, 0.25) is 0 Å². The van der Waals surface area contributed by atoms with E-state index in [0.717, 1.165) is 40.7 Å². The molecule has 0 bridgehead atoms. The minimum Gasteiger partial charge on any atom is -0.340 e. The van der Waals surface area contributed by atoms with Gasteiger partial charge in [-0.2, -0.15) is 13.2 Å². The summed E-state index contributed by atoms with van der Waals surface area (Å²) in [6.07, 6.45) is 0.933. The molecule has 2 aromatic rings. The Kier molecular flexibility index (Phi) is 5.55. The number of rotatable bonds is 5. The Hall–Kier alpha value is -1.31.